The van der Waals surface area contributed by atoms with Gasteiger partial charge in [-0.2, -0.15) is 0 Å². The second kappa shape index (κ2) is 8.25. The Morgan fingerprint density at radius 3 is 2.50 bits per heavy atom. The van der Waals surface area contributed by atoms with Crippen molar-refractivity contribution in [2.24, 2.45) is 0 Å². The van der Waals surface area contributed by atoms with E-state index >= 15 is 0 Å². The lowest BCUT2D eigenvalue weighted by atomic mass is 10.1. The minimum Gasteiger partial charge on any atom is -0.495 e. The number of carbonyl (C=O) groups is 2. The zero-order valence-electron chi connectivity index (χ0n) is 15.8. The topological polar surface area (TPSA) is 63.6 Å². The van der Waals surface area contributed by atoms with Crippen LogP contribution in [-0.4, -0.2) is 28.6 Å². The highest BCUT2D eigenvalue weighted by atomic mass is 79.9. The maximum atomic E-state index is 13.3. The number of aromatic nitrogens is 1. The van der Waals surface area contributed by atoms with Crippen molar-refractivity contribution < 1.29 is 14.3 Å². The van der Waals surface area contributed by atoms with Gasteiger partial charge >= 0.3 is 0 Å². The van der Waals surface area contributed by atoms with E-state index in [-0.39, 0.29) is 10.7 Å². The molecule has 6 nitrogen and oxygen atoms in total. The Labute approximate surface area is 186 Å². The molecule has 0 spiro atoms. The van der Waals surface area contributed by atoms with Gasteiger partial charge in [-0.15, -0.1) is 0 Å². The summed E-state index contributed by atoms with van der Waals surface area (Å²) in [4.78, 5) is 27.1. The van der Waals surface area contributed by atoms with Crippen LogP contribution in [0.3, 0.4) is 0 Å². The third-order valence-corrected chi connectivity index (χ3v) is 5.42. The zero-order chi connectivity index (χ0) is 21.3. The predicted octanol–water partition coefficient (Wildman–Crippen LogP) is 4.08. The molecular formula is C22H16BrN3O3S. The van der Waals surface area contributed by atoms with Crippen LogP contribution < -0.4 is 15.0 Å². The van der Waals surface area contributed by atoms with Crippen LogP contribution in [0.15, 0.2) is 76.9 Å². The molecule has 0 aliphatic carbocycles. The predicted molar refractivity (Wildman–Crippen MR) is 123 cm³/mol. The maximum Gasteiger partial charge on any atom is 0.270 e. The standard InChI is InChI=1S/C22H16BrN3O3S/c1-29-19-7-3-2-6-18(19)26-21(28)17(20(27)24-22(26)30)13-16-5-4-12-25(16)15-10-8-14(23)9-11-15/h2-13H,1H3,(H,24,27,30)/b17-13+. The number of carbonyl (C=O) groups excluding carboxylic acids is 2. The molecule has 2 amide bonds. The largest absolute Gasteiger partial charge is 0.495 e. The fourth-order valence-electron chi connectivity index (χ4n) is 3.19. The summed E-state index contributed by atoms with van der Waals surface area (Å²) in [7, 11) is 1.51. The van der Waals surface area contributed by atoms with Crippen LogP contribution in [0.1, 0.15) is 5.69 Å². The van der Waals surface area contributed by atoms with E-state index in [1.54, 1.807) is 30.3 Å². The fraction of sp³-hybridized carbons (Fsp3) is 0.0455. The van der Waals surface area contributed by atoms with Gasteiger partial charge in [0, 0.05) is 22.1 Å². The van der Waals surface area contributed by atoms with Crippen LogP contribution in [0.25, 0.3) is 11.8 Å². The average Bonchev–Trinajstić information content (AvgIpc) is 3.20. The number of rotatable bonds is 4. The molecule has 4 rings (SSSR count). The SMILES string of the molecule is COc1ccccc1N1C(=O)/C(=C/c2cccn2-c2ccc(Br)cc2)C(=O)NC1=S. The highest BCUT2D eigenvalue weighted by molar-refractivity contribution is 9.10. The second-order valence-corrected chi connectivity index (χ2v) is 7.71. The number of hydrogen-bond donors (Lipinski definition) is 1. The molecule has 2 aromatic carbocycles. The van der Waals surface area contributed by atoms with Crippen LogP contribution in [0.5, 0.6) is 5.75 Å². The average molecular weight is 482 g/mol. The van der Waals surface area contributed by atoms with Gasteiger partial charge in [-0.3, -0.25) is 14.9 Å². The van der Waals surface area contributed by atoms with Gasteiger partial charge in [-0.25, -0.2) is 4.90 Å². The molecule has 1 aliphatic heterocycles. The molecule has 0 saturated carbocycles. The summed E-state index contributed by atoms with van der Waals surface area (Å²) in [6.45, 7) is 0. The van der Waals surface area contributed by atoms with Crippen molar-refractivity contribution in [3.05, 3.63) is 82.6 Å². The first-order chi connectivity index (χ1) is 14.5. The minimum atomic E-state index is -0.542. The van der Waals surface area contributed by atoms with Crippen molar-refractivity contribution in [2.45, 2.75) is 0 Å². The van der Waals surface area contributed by atoms with Crippen LogP contribution in [0.2, 0.25) is 0 Å². The Balaban J connectivity index is 1.76. The monoisotopic (exact) mass is 481 g/mol. The summed E-state index contributed by atoms with van der Waals surface area (Å²) in [5.74, 6) is -0.585. The smallest absolute Gasteiger partial charge is 0.270 e. The van der Waals surface area contributed by atoms with E-state index in [9.17, 15) is 9.59 Å². The van der Waals surface area contributed by atoms with Crippen molar-refractivity contribution in [1.29, 1.82) is 0 Å². The molecular weight excluding hydrogens is 466 g/mol. The lowest BCUT2D eigenvalue weighted by Crippen LogP contribution is -2.54. The molecule has 1 aromatic heterocycles. The van der Waals surface area contributed by atoms with Gasteiger partial charge in [0.25, 0.3) is 11.8 Å². The molecule has 3 aromatic rings. The van der Waals surface area contributed by atoms with Crippen molar-refractivity contribution in [3.63, 3.8) is 0 Å². The molecule has 2 heterocycles. The number of anilines is 1. The minimum absolute atomic E-state index is 0.00921. The highest BCUT2D eigenvalue weighted by Crippen LogP contribution is 2.31. The number of hydrogen-bond acceptors (Lipinski definition) is 4. The molecule has 1 fully saturated rings. The van der Waals surface area contributed by atoms with Crippen LogP contribution in [0, 0.1) is 0 Å². The first-order valence-electron chi connectivity index (χ1n) is 8.97. The van der Waals surface area contributed by atoms with E-state index in [0.717, 1.165) is 10.2 Å². The number of amides is 2. The molecule has 1 aliphatic rings. The van der Waals surface area contributed by atoms with E-state index in [1.165, 1.54) is 12.0 Å². The normalized spacial score (nSPS) is 15.5. The van der Waals surface area contributed by atoms with Gasteiger partial charge in [-0.05, 0) is 66.8 Å². The van der Waals surface area contributed by atoms with Gasteiger partial charge in [-0.1, -0.05) is 28.1 Å². The van der Waals surface area contributed by atoms with Gasteiger partial charge in [0.2, 0.25) is 0 Å². The zero-order valence-corrected chi connectivity index (χ0v) is 18.2. The van der Waals surface area contributed by atoms with E-state index in [1.807, 2.05) is 47.2 Å². The lowest BCUT2D eigenvalue weighted by Gasteiger charge is -2.29. The van der Waals surface area contributed by atoms with E-state index < -0.39 is 11.8 Å². The summed E-state index contributed by atoms with van der Waals surface area (Å²) in [5.41, 5.74) is 2.02. The molecule has 150 valence electrons. The summed E-state index contributed by atoms with van der Waals surface area (Å²) < 4.78 is 8.20. The fourth-order valence-corrected chi connectivity index (χ4v) is 3.73. The van der Waals surface area contributed by atoms with Crippen molar-refractivity contribution in [3.8, 4) is 11.4 Å². The van der Waals surface area contributed by atoms with Crippen LogP contribution in [-0.2, 0) is 9.59 Å². The molecule has 1 N–H and O–H groups in total. The van der Waals surface area contributed by atoms with Crippen molar-refractivity contribution in [1.82, 2.24) is 9.88 Å². The van der Waals surface area contributed by atoms with Gasteiger partial charge in [0.1, 0.15) is 11.3 Å². The second-order valence-electron chi connectivity index (χ2n) is 6.41. The van der Waals surface area contributed by atoms with Crippen molar-refractivity contribution >= 4 is 56.8 Å². The number of halogens is 1. The third-order valence-electron chi connectivity index (χ3n) is 4.61. The Morgan fingerprint density at radius 1 is 1.03 bits per heavy atom. The molecule has 0 unspecified atom stereocenters. The molecule has 30 heavy (non-hydrogen) atoms. The Morgan fingerprint density at radius 2 is 1.77 bits per heavy atom. The van der Waals surface area contributed by atoms with E-state index in [0.29, 0.717) is 17.1 Å². The van der Waals surface area contributed by atoms with E-state index in [2.05, 4.69) is 21.2 Å². The quantitative estimate of drug-likeness (QED) is 0.346. The van der Waals surface area contributed by atoms with Gasteiger partial charge in [0.15, 0.2) is 5.11 Å². The molecule has 8 heteroatoms. The molecule has 0 radical (unpaired) electrons. The van der Waals surface area contributed by atoms with Crippen LogP contribution in [0.4, 0.5) is 5.69 Å². The Hall–Kier alpha value is -3.23. The number of para-hydroxylation sites is 2. The number of thiocarbonyl (C=S) groups is 1. The molecule has 1 saturated heterocycles. The summed E-state index contributed by atoms with van der Waals surface area (Å²) >= 11 is 8.69. The first kappa shape index (κ1) is 20.1. The summed E-state index contributed by atoms with van der Waals surface area (Å²) in [6.07, 6.45) is 3.42. The number of nitrogens with one attached hydrogen (secondary N) is 1. The molecule has 0 bridgehead atoms. The number of benzene rings is 2. The Bertz CT molecular complexity index is 1180. The maximum absolute atomic E-state index is 13.3. The third kappa shape index (κ3) is 3.67. The van der Waals surface area contributed by atoms with Crippen molar-refractivity contribution in [2.75, 3.05) is 12.0 Å². The van der Waals surface area contributed by atoms with E-state index in [4.69, 9.17) is 17.0 Å². The van der Waals surface area contributed by atoms with Crippen LogP contribution >= 0.6 is 28.1 Å². The Kier molecular flexibility index (Phi) is 5.52. The summed E-state index contributed by atoms with van der Waals surface area (Å²) in [5, 5.41) is 2.61. The lowest BCUT2D eigenvalue weighted by molar-refractivity contribution is -0.122. The number of ether oxygens (including phenoxy) is 1. The number of nitrogens with zero attached hydrogens (tertiary/aromatic N) is 2. The van der Waals surface area contributed by atoms with Gasteiger partial charge in [0.05, 0.1) is 12.8 Å². The van der Waals surface area contributed by atoms with Gasteiger partial charge < -0.3 is 9.30 Å². The summed E-state index contributed by atoms with van der Waals surface area (Å²) in [6, 6.07) is 18.4. The molecule has 0 atom stereocenters. The highest BCUT2D eigenvalue weighted by Gasteiger charge is 2.36. The first-order valence-corrected chi connectivity index (χ1v) is 10.2. The number of methoxy groups -OCH3 is 1.